The van der Waals surface area contributed by atoms with Crippen LogP contribution in [0.1, 0.15) is 16.7 Å². The fourth-order valence-corrected chi connectivity index (χ4v) is 4.63. The van der Waals surface area contributed by atoms with Crippen LogP contribution in [0, 0.1) is 19.7 Å². The molecular weight excluding hydrogens is 459 g/mol. The number of aromatic nitrogens is 3. The zero-order valence-electron chi connectivity index (χ0n) is 18.2. The molecule has 0 radical (unpaired) electrons. The largest absolute Gasteiger partial charge is 0.324 e. The number of rotatable bonds is 7. The van der Waals surface area contributed by atoms with Crippen LogP contribution in [-0.2, 0) is 11.3 Å². The molecule has 1 N–H and O–H groups in total. The summed E-state index contributed by atoms with van der Waals surface area (Å²) in [5.74, 6) is -0.0702. The van der Waals surface area contributed by atoms with E-state index in [1.54, 1.807) is 18.2 Å². The summed E-state index contributed by atoms with van der Waals surface area (Å²) in [6.07, 6.45) is 0. The molecule has 0 unspecified atom stereocenters. The minimum atomic E-state index is -0.377. The lowest BCUT2D eigenvalue weighted by atomic mass is 10.1. The second-order valence-corrected chi connectivity index (χ2v) is 8.98. The van der Waals surface area contributed by atoms with E-state index in [2.05, 4.69) is 15.5 Å². The highest BCUT2D eigenvalue weighted by molar-refractivity contribution is 7.99. The van der Waals surface area contributed by atoms with Gasteiger partial charge in [-0.25, -0.2) is 4.39 Å². The molecule has 168 valence electrons. The Hall–Kier alpha value is -3.16. The lowest BCUT2D eigenvalue weighted by Gasteiger charge is -2.13. The molecule has 0 atom stereocenters. The second-order valence-electron chi connectivity index (χ2n) is 7.63. The number of carbonyl (C=O) groups excluding carboxylic acids is 1. The van der Waals surface area contributed by atoms with Crippen LogP contribution >= 0.6 is 23.4 Å². The number of amides is 1. The average molecular weight is 481 g/mol. The molecule has 0 aliphatic heterocycles. The van der Waals surface area contributed by atoms with E-state index >= 15 is 0 Å². The second kappa shape index (κ2) is 10.2. The molecule has 0 aliphatic carbocycles. The Morgan fingerprint density at radius 3 is 2.52 bits per heavy atom. The highest BCUT2D eigenvalue weighted by atomic mass is 35.5. The molecule has 0 saturated carbocycles. The number of anilines is 1. The van der Waals surface area contributed by atoms with Gasteiger partial charge in [-0.2, -0.15) is 0 Å². The minimum absolute atomic E-state index is 0.105. The van der Waals surface area contributed by atoms with E-state index in [1.165, 1.54) is 17.8 Å². The maximum absolute atomic E-state index is 14.5. The van der Waals surface area contributed by atoms with Crippen molar-refractivity contribution in [2.45, 2.75) is 25.5 Å². The van der Waals surface area contributed by atoms with Crippen molar-refractivity contribution in [2.75, 3.05) is 11.1 Å². The lowest BCUT2D eigenvalue weighted by Crippen LogP contribution is -2.16. The van der Waals surface area contributed by atoms with Crippen molar-refractivity contribution in [3.8, 4) is 11.4 Å². The molecule has 8 heteroatoms. The number of nitrogens with zero attached hydrogens (tertiary/aromatic N) is 3. The third-order valence-corrected chi connectivity index (χ3v) is 6.31. The molecule has 33 heavy (non-hydrogen) atoms. The summed E-state index contributed by atoms with van der Waals surface area (Å²) in [7, 11) is 0. The van der Waals surface area contributed by atoms with Gasteiger partial charge in [-0.05, 0) is 48.7 Å². The van der Waals surface area contributed by atoms with Crippen molar-refractivity contribution in [2.24, 2.45) is 0 Å². The van der Waals surface area contributed by atoms with Gasteiger partial charge >= 0.3 is 0 Å². The number of hydrogen-bond donors (Lipinski definition) is 1. The Labute approximate surface area is 201 Å². The highest BCUT2D eigenvalue weighted by Crippen LogP contribution is 2.29. The summed E-state index contributed by atoms with van der Waals surface area (Å²) in [6.45, 7) is 4.30. The molecule has 4 rings (SSSR count). The molecule has 1 amide bonds. The number of benzene rings is 3. The summed E-state index contributed by atoms with van der Waals surface area (Å²) in [5, 5.41) is 12.4. The van der Waals surface area contributed by atoms with Gasteiger partial charge in [0, 0.05) is 0 Å². The normalized spacial score (nSPS) is 10.9. The fraction of sp³-hybridized carbons (Fsp3) is 0.160. The van der Waals surface area contributed by atoms with Crippen molar-refractivity contribution < 1.29 is 9.18 Å². The number of carbonyl (C=O) groups is 1. The lowest BCUT2D eigenvalue weighted by molar-refractivity contribution is -0.113. The van der Waals surface area contributed by atoms with Crippen molar-refractivity contribution in [3.05, 3.63) is 94.3 Å². The first kappa shape index (κ1) is 23.0. The van der Waals surface area contributed by atoms with Gasteiger partial charge in [0.25, 0.3) is 0 Å². The molecule has 1 heterocycles. The van der Waals surface area contributed by atoms with Crippen LogP contribution < -0.4 is 5.32 Å². The van der Waals surface area contributed by atoms with E-state index in [0.717, 1.165) is 16.7 Å². The van der Waals surface area contributed by atoms with E-state index in [1.807, 2.05) is 60.9 Å². The Balaban J connectivity index is 1.57. The first-order valence-corrected chi connectivity index (χ1v) is 11.7. The standard InChI is InChI=1S/C25H22ClFN4OS/c1-16-12-17(2)23(20(26)13-16)28-22(32)15-33-25-30-29-24(19-10-6-7-11-21(19)27)31(25)14-18-8-4-3-5-9-18/h3-13H,14-15H2,1-2H3,(H,28,32). The van der Waals surface area contributed by atoms with Gasteiger partial charge in [-0.3, -0.25) is 9.36 Å². The summed E-state index contributed by atoms with van der Waals surface area (Å²) in [5.41, 5.74) is 3.90. The topological polar surface area (TPSA) is 59.8 Å². The third kappa shape index (κ3) is 5.43. The predicted octanol–water partition coefficient (Wildman–Crippen LogP) is 6.13. The Morgan fingerprint density at radius 1 is 1.06 bits per heavy atom. The maximum Gasteiger partial charge on any atom is 0.234 e. The van der Waals surface area contributed by atoms with Crippen LogP contribution in [0.3, 0.4) is 0 Å². The van der Waals surface area contributed by atoms with Gasteiger partial charge in [0.15, 0.2) is 11.0 Å². The van der Waals surface area contributed by atoms with Gasteiger partial charge in [-0.1, -0.05) is 71.9 Å². The van der Waals surface area contributed by atoms with E-state index in [0.29, 0.717) is 33.8 Å². The summed E-state index contributed by atoms with van der Waals surface area (Å²) in [6, 6.07) is 20.0. The Morgan fingerprint density at radius 2 is 1.79 bits per heavy atom. The highest BCUT2D eigenvalue weighted by Gasteiger charge is 2.19. The molecule has 4 aromatic rings. The molecule has 3 aromatic carbocycles. The van der Waals surface area contributed by atoms with E-state index in [9.17, 15) is 9.18 Å². The molecule has 5 nitrogen and oxygen atoms in total. The molecular formula is C25H22ClFN4OS. The predicted molar refractivity (Wildman–Crippen MR) is 131 cm³/mol. The summed E-state index contributed by atoms with van der Waals surface area (Å²) in [4.78, 5) is 12.7. The molecule has 1 aromatic heterocycles. The molecule has 0 saturated heterocycles. The van der Waals surface area contributed by atoms with Gasteiger partial charge in [0.05, 0.1) is 28.6 Å². The van der Waals surface area contributed by atoms with Gasteiger partial charge < -0.3 is 5.32 Å². The van der Waals surface area contributed by atoms with Crippen molar-refractivity contribution >= 4 is 35.0 Å². The Kier molecular flexibility index (Phi) is 7.11. The number of aryl methyl sites for hydroxylation is 2. The van der Waals surface area contributed by atoms with Crippen LogP contribution in [0.25, 0.3) is 11.4 Å². The number of halogens is 2. The zero-order valence-corrected chi connectivity index (χ0v) is 19.8. The van der Waals surface area contributed by atoms with Crippen molar-refractivity contribution in [1.29, 1.82) is 0 Å². The molecule has 0 fully saturated rings. The van der Waals surface area contributed by atoms with Crippen LogP contribution in [0.15, 0.2) is 71.9 Å². The average Bonchev–Trinajstić information content (AvgIpc) is 3.18. The zero-order chi connectivity index (χ0) is 23.4. The van der Waals surface area contributed by atoms with Crippen molar-refractivity contribution in [3.63, 3.8) is 0 Å². The number of hydrogen-bond acceptors (Lipinski definition) is 4. The van der Waals surface area contributed by atoms with Crippen LogP contribution in [0.4, 0.5) is 10.1 Å². The molecule has 0 spiro atoms. The summed E-state index contributed by atoms with van der Waals surface area (Å²) >= 11 is 7.56. The quantitative estimate of drug-likeness (QED) is 0.323. The van der Waals surface area contributed by atoms with Crippen LogP contribution in [0.5, 0.6) is 0 Å². The molecule has 0 aliphatic rings. The maximum atomic E-state index is 14.5. The van der Waals surface area contributed by atoms with E-state index < -0.39 is 0 Å². The van der Waals surface area contributed by atoms with E-state index in [4.69, 9.17) is 11.6 Å². The number of nitrogens with one attached hydrogen (secondary N) is 1. The number of thioether (sulfide) groups is 1. The Bertz CT molecular complexity index is 1270. The smallest absolute Gasteiger partial charge is 0.234 e. The monoisotopic (exact) mass is 480 g/mol. The fourth-order valence-electron chi connectivity index (χ4n) is 3.53. The van der Waals surface area contributed by atoms with Crippen LogP contribution in [-0.4, -0.2) is 26.4 Å². The molecule has 0 bridgehead atoms. The first-order chi connectivity index (χ1) is 15.9. The minimum Gasteiger partial charge on any atom is -0.324 e. The van der Waals surface area contributed by atoms with Crippen LogP contribution in [0.2, 0.25) is 5.02 Å². The first-order valence-electron chi connectivity index (χ1n) is 10.3. The van der Waals surface area contributed by atoms with E-state index in [-0.39, 0.29) is 17.5 Å². The van der Waals surface area contributed by atoms with Gasteiger partial charge in [0.2, 0.25) is 5.91 Å². The van der Waals surface area contributed by atoms with Gasteiger partial charge in [0.1, 0.15) is 5.82 Å². The van der Waals surface area contributed by atoms with Gasteiger partial charge in [-0.15, -0.1) is 10.2 Å². The SMILES string of the molecule is Cc1cc(C)c(NC(=O)CSc2nnc(-c3ccccc3F)n2Cc2ccccc2)c(Cl)c1. The summed E-state index contributed by atoms with van der Waals surface area (Å²) < 4.78 is 16.3. The van der Waals surface area contributed by atoms with Crippen molar-refractivity contribution in [1.82, 2.24) is 14.8 Å². The third-order valence-electron chi connectivity index (χ3n) is 5.04.